The molecule has 0 spiro atoms. The normalized spacial score (nSPS) is 10.4. The second-order valence-electron chi connectivity index (χ2n) is 24.0. The average molecular weight is 1610 g/mol. The Morgan fingerprint density at radius 1 is 0.299 bits per heavy atom. The highest BCUT2D eigenvalue weighted by Gasteiger charge is 2.12. The van der Waals surface area contributed by atoms with Gasteiger partial charge in [0.15, 0.2) is 13.6 Å². The van der Waals surface area contributed by atoms with Gasteiger partial charge in [0.1, 0.15) is 40.2 Å². The van der Waals surface area contributed by atoms with Gasteiger partial charge in [-0.15, -0.1) is 0 Å². The van der Waals surface area contributed by atoms with Crippen LogP contribution in [0.5, 0.6) is 40.2 Å². The fraction of sp³-hybridized carbons (Fsp3) is 0.267. The summed E-state index contributed by atoms with van der Waals surface area (Å²) >= 11 is 0. The molecule has 0 radical (unpaired) electrons. The van der Waals surface area contributed by atoms with E-state index in [1.807, 2.05) is 13.8 Å². The number of carboxylic acid groups (broad SMARTS) is 3. The predicted octanol–water partition coefficient (Wildman–Crippen LogP) is 16.3. The molecule has 7 aromatic rings. The fourth-order valence-corrected chi connectivity index (χ4v) is 8.93. The van der Waals surface area contributed by atoms with Crippen molar-refractivity contribution in [1.29, 1.82) is 0 Å². The van der Waals surface area contributed by atoms with Crippen molar-refractivity contribution in [3.8, 4) is 40.2 Å². The minimum absolute atomic E-state index is 0.0325. The third-order valence-electron chi connectivity index (χ3n) is 15.0. The molecule has 0 aliphatic rings. The number of esters is 7. The Balaban J connectivity index is 0.000000398. The van der Waals surface area contributed by atoms with Crippen molar-refractivity contribution in [1.82, 2.24) is 0 Å². The summed E-state index contributed by atoms with van der Waals surface area (Å²) in [6.45, 7) is 17.4. The van der Waals surface area contributed by atoms with Gasteiger partial charge in [-0.05, 0) is 259 Å². The van der Waals surface area contributed by atoms with Crippen LogP contribution in [0.3, 0.4) is 0 Å². The maximum absolute atomic E-state index is 12.4. The van der Waals surface area contributed by atoms with Crippen molar-refractivity contribution in [3.63, 3.8) is 0 Å². The molecule has 117 heavy (non-hydrogen) atoms. The first-order valence-corrected chi connectivity index (χ1v) is 37.2. The number of carbonyl (C=O) groups is 10. The van der Waals surface area contributed by atoms with Crippen LogP contribution in [0.15, 0.2) is 232 Å². The summed E-state index contributed by atoms with van der Waals surface area (Å²) in [6, 6.07) is 45.8. The quantitative estimate of drug-likeness (QED) is 0.00591. The van der Waals surface area contributed by atoms with Gasteiger partial charge in [0, 0.05) is 55.7 Å². The van der Waals surface area contributed by atoms with Gasteiger partial charge in [-0.3, -0.25) is 0 Å². The van der Waals surface area contributed by atoms with Gasteiger partial charge >= 0.3 is 59.7 Å². The van der Waals surface area contributed by atoms with Crippen LogP contribution in [0.1, 0.15) is 144 Å². The molecule has 0 amide bonds. The van der Waals surface area contributed by atoms with Crippen LogP contribution in [0.4, 0.5) is 0 Å². The van der Waals surface area contributed by atoms with Crippen molar-refractivity contribution in [2.45, 2.75) is 90.9 Å². The molecule has 0 bridgehead atoms. The van der Waals surface area contributed by atoms with Crippen molar-refractivity contribution in [3.05, 3.63) is 271 Å². The third kappa shape index (κ3) is 48.8. The van der Waals surface area contributed by atoms with E-state index >= 15 is 0 Å². The van der Waals surface area contributed by atoms with Gasteiger partial charge in [-0.25, -0.2) is 47.9 Å². The van der Waals surface area contributed by atoms with Crippen LogP contribution in [0.25, 0.3) is 24.3 Å². The molecule has 0 aromatic heterocycles. The highest BCUT2D eigenvalue weighted by atomic mass is 16.7. The molecule has 0 atom stereocenters. The van der Waals surface area contributed by atoms with Gasteiger partial charge in [-0.2, -0.15) is 0 Å². The summed E-state index contributed by atoms with van der Waals surface area (Å²) in [4.78, 5) is 111. The number of aromatic carboxylic acids is 1. The van der Waals surface area contributed by atoms with Crippen molar-refractivity contribution < 1.29 is 130 Å². The number of phenols is 2. The number of unbranched alkanes of at least 4 members (excludes halogenated alkanes) is 9. The molecule has 7 rings (SSSR count). The molecular formula is C90H100O27. The summed E-state index contributed by atoms with van der Waals surface area (Å²) in [5, 5.41) is 43.6. The number of benzene rings is 7. The van der Waals surface area contributed by atoms with E-state index in [9.17, 15) is 47.9 Å². The molecule has 0 heterocycles. The molecule has 0 fully saturated rings. The highest BCUT2D eigenvalue weighted by Crippen LogP contribution is 2.22. The molecule has 27 nitrogen and oxygen atoms in total. The summed E-state index contributed by atoms with van der Waals surface area (Å²) in [7, 11) is 0. The molecule has 0 saturated carbocycles. The van der Waals surface area contributed by atoms with E-state index < -0.39 is 53.7 Å². The minimum atomic E-state index is -1.03. The number of aromatic hydroxyl groups is 2. The Morgan fingerprint density at radius 3 is 0.821 bits per heavy atom. The summed E-state index contributed by atoms with van der Waals surface area (Å²) < 4.78 is 61.7. The number of hydrogen-bond donors (Lipinski definition) is 5. The van der Waals surface area contributed by atoms with E-state index in [0.717, 1.165) is 124 Å². The van der Waals surface area contributed by atoms with E-state index in [0.29, 0.717) is 98.3 Å². The lowest BCUT2D eigenvalue weighted by molar-refractivity contribution is -0.150. The fourth-order valence-electron chi connectivity index (χ4n) is 8.93. The molecule has 27 heteroatoms. The van der Waals surface area contributed by atoms with Gasteiger partial charge in [0.25, 0.3) is 0 Å². The number of ether oxygens (including phenoxy) is 12. The zero-order valence-corrected chi connectivity index (χ0v) is 65.4. The Hall–Kier alpha value is -13.7. The van der Waals surface area contributed by atoms with Crippen molar-refractivity contribution >= 4 is 84.0 Å². The Kier molecular flexibility index (Phi) is 50.8. The third-order valence-corrected chi connectivity index (χ3v) is 15.0. The van der Waals surface area contributed by atoms with Crippen LogP contribution in [0, 0.1) is 0 Å². The Morgan fingerprint density at radius 2 is 0.556 bits per heavy atom. The maximum Gasteiger partial charge on any atom is 0.343 e. The van der Waals surface area contributed by atoms with E-state index in [1.54, 1.807) is 158 Å². The zero-order chi connectivity index (χ0) is 85.5. The lowest BCUT2D eigenvalue weighted by Crippen LogP contribution is -2.08. The summed E-state index contributed by atoms with van der Waals surface area (Å²) in [5.41, 5.74) is 4.03. The smallest absolute Gasteiger partial charge is 0.343 e. The lowest BCUT2D eigenvalue weighted by atomic mass is 10.2. The molecule has 5 N–H and O–H groups in total. The second-order valence-corrected chi connectivity index (χ2v) is 24.0. The second kappa shape index (κ2) is 60.9. The van der Waals surface area contributed by atoms with Gasteiger partial charge in [-0.1, -0.05) is 68.3 Å². The highest BCUT2D eigenvalue weighted by molar-refractivity contribution is 5.93. The zero-order valence-electron chi connectivity index (χ0n) is 65.4. The standard InChI is InChI=1S/C28H32O8.C25H26O7.C16H20O5.C12H14O4.C9H8O3/c1-3-26(29)34-20-8-6-5-7-19-33-24-16-12-23(13-17-24)28(31)36-25-14-9-22(10-15-25)11-18-27(30)35-21-32-4-2;1-2-24(28)31-18-6-4-3-5-17-30-21-14-10-20(11-15-21)25(29)32-22-12-7-19(8-13-22)9-16-23(26)27;1-2-15(17)21-12-6-4-3-5-11-20-14-9-7-13(8-10-14)16(18)19;1-2-15-9-16-12(14)8-5-10-3-6-11(13)7-4-10;10-8-4-1-7(2-5-8)3-6-9(11)12/h3,9-18H,1,4-8,19-21H2,2H3;2,7-16H,1,3-6,17-18H2,(H,26,27);2,7-10H,1,3-6,11-12H2,(H,18,19);3-8,13H,2,9H2,1H3;1-6,10H,(H,11,12)/b18-11+;16-9+;;8-5+;6-3+. The summed E-state index contributed by atoms with van der Waals surface area (Å²) in [6.07, 6.45) is 25.1. The van der Waals surface area contributed by atoms with E-state index in [-0.39, 0.29) is 36.6 Å². The molecule has 7 aromatic carbocycles. The summed E-state index contributed by atoms with van der Waals surface area (Å²) in [5.74, 6) is -2.98. The first kappa shape index (κ1) is 97.5. The van der Waals surface area contributed by atoms with Gasteiger partial charge in [0.05, 0.1) is 56.3 Å². The monoisotopic (exact) mass is 1610 g/mol. The Bertz CT molecular complexity index is 4260. The van der Waals surface area contributed by atoms with E-state index in [4.69, 9.17) is 82.4 Å². The largest absolute Gasteiger partial charge is 0.508 e. The molecule has 0 saturated heterocycles. The van der Waals surface area contributed by atoms with Crippen LogP contribution in [0.2, 0.25) is 0 Å². The van der Waals surface area contributed by atoms with Crippen LogP contribution in [-0.2, 0) is 66.7 Å². The number of rotatable bonds is 46. The molecule has 0 unspecified atom stereocenters. The van der Waals surface area contributed by atoms with Gasteiger partial charge in [0.2, 0.25) is 0 Å². The Labute approximate surface area is 679 Å². The molecule has 622 valence electrons. The number of carbonyl (C=O) groups excluding carboxylic acids is 7. The number of carboxylic acids is 3. The first-order valence-electron chi connectivity index (χ1n) is 37.2. The molecular weight excluding hydrogens is 1510 g/mol. The minimum Gasteiger partial charge on any atom is -0.508 e. The van der Waals surface area contributed by atoms with E-state index in [1.165, 1.54) is 48.6 Å². The topological polar surface area (TPSA) is 383 Å². The lowest BCUT2D eigenvalue weighted by Gasteiger charge is -2.08. The van der Waals surface area contributed by atoms with Crippen molar-refractivity contribution in [2.24, 2.45) is 0 Å². The predicted molar refractivity (Wildman–Crippen MR) is 437 cm³/mol. The molecule has 0 aliphatic carbocycles. The number of hydrogen-bond acceptors (Lipinski definition) is 24. The van der Waals surface area contributed by atoms with Crippen LogP contribution < -0.4 is 23.7 Å². The van der Waals surface area contributed by atoms with Gasteiger partial charge < -0.3 is 82.4 Å². The molecule has 0 aliphatic heterocycles. The average Bonchev–Trinajstić information content (AvgIpc) is 0.866. The van der Waals surface area contributed by atoms with Crippen LogP contribution in [-0.4, -0.2) is 152 Å². The van der Waals surface area contributed by atoms with Crippen molar-refractivity contribution in [2.75, 3.05) is 66.4 Å². The number of phenolic OH excluding ortho intramolecular Hbond substituents is 2. The first-order chi connectivity index (χ1) is 56.5. The number of aliphatic carboxylic acids is 2. The maximum atomic E-state index is 12.4. The van der Waals surface area contributed by atoms with E-state index in [2.05, 4.69) is 19.7 Å². The van der Waals surface area contributed by atoms with Crippen LogP contribution >= 0.6 is 0 Å². The SMILES string of the molecule is C=CC(=O)OCCCCCCOc1ccc(C(=O)O)cc1.C=CC(=O)OCCCCCCOc1ccc(C(=O)Oc2ccc(/C=C/C(=O)O)cc2)cc1.C=CC(=O)OCCCCCCOc1ccc(C(=O)Oc2ccc(/C=C/C(=O)OCOCC)cc2)cc1.CCOCOC(=O)/C=C/c1ccc(O)cc1.O=C(O)/C=C/c1ccc(O)cc1.